The molecular formula is C12H20O6. The Balaban J connectivity index is 2.62. The average molecular weight is 260 g/mol. The summed E-state index contributed by atoms with van der Waals surface area (Å²) in [6, 6.07) is 0. The number of carbonyl (C=O) groups is 2. The van der Waals surface area contributed by atoms with Crippen LogP contribution < -0.4 is 0 Å². The Bertz CT molecular complexity index is 260. The van der Waals surface area contributed by atoms with Gasteiger partial charge in [0.2, 0.25) is 0 Å². The molecule has 1 rings (SSSR count). The van der Waals surface area contributed by atoms with Crippen LogP contribution in [0.1, 0.15) is 33.1 Å². The van der Waals surface area contributed by atoms with Gasteiger partial charge in [0.05, 0.1) is 26.4 Å². The van der Waals surface area contributed by atoms with Gasteiger partial charge in [-0.1, -0.05) is 0 Å². The third-order valence-electron chi connectivity index (χ3n) is 2.46. The minimum atomic E-state index is -1.23. The molecule has 0 amide bonds. The van der Waals surface area contributed by atoms with Crippen LogP contribution >= 0.6 is 0 Å². The molecule has 6 heteroatoms. The van der Waals surface area contributed by atoms with Crippen molar-refractivity contribution >= 4 is 11.9 Å². The Kier molecular flexibility index (Phi) is 6.07. The molecule has 0 unspecified atom stereocenters. The van der Waals surface area contributed by atoms with Crippen molar-refractivity contribution in [3.8, 4) is 0 Å². The second-order valence-electron chi connectivity index (χ2n) is 3.92. The van der Waals surface area contributed by atoms with Gasteiger partial charge in [-0.05, 0) is 20.3 Å². The molecular weight excluding hydrogens is 240 g/mol. The van der Waals surface area contributed by atoms with E-state index in [1.54, 1.807) is 13.8 Å². The molecule has 0 aromatic heterocycles. The van der Waals surface area contributed by atoms with Gasteiger partial charge in [0.15, 0.2) is 5.79 Å². The molecule has 0 saturated carbocycles. The van der Waals surface area contributed by atoms with Gasteiger partial charge in [0.25, 0.3) is 0 Å². The first kappa shape index (κ1) is 14.9. The summed E-state index contributed by atoms with van der Waals surface area (Å²) in [5.74, 6) is -2.11. The average Bonchev–Trinajstić information content (AvgIpc) is 2.30. The van der Waals surface area contributed by atoms with E-state index in [2.05, 4.69) is 0 Å². The lowest BCUT2D eigenvalue weighted by Gasteiger charge is -2.35. The maximum atomic E-state index is 11.5. The van der Waals surface area contributed by atoms with Crippen LogP contribution in [-0.4, -0.2) is 44.2 Å². The van der Waals surface area contributed by atoms with Gasteiger partial charge in [0.1, 0.15) is 12.8 Å². The fraction of sp³-hybridized carbons (Fsp3) is 0.833. The largest absolute Gasteiger partial charge is 0.466 e. The summed E-state index contributed by atoms with van der Waals surface area (Å²) in [6.07, 6.45) is 0.548. The molecule has 0 aromatic rings. The molecule has 0 radical (unpaired) electrons. The third kappa shape index (κ3) is 4.62. The predicted octanol–water partition coefficient (Wildman–Crippen LogP) is 1.03. The maximum absolute atomic E-state index is 11.5. The van der Waals surface area contributed by atoms with Gasteiger partial charge < -0.3 is 18.9 Å². The fourth-order valence-electron chi connectivity index (χ4n) is 1.75. The van der Waals surface area contributed by atoms with Crippen LogP contribution in [0.2, 0.25) is 0 Å². The van der Waals surface area contributed by atoms with E-state index in [1.165, 1.54) is 0 Å². The number of rotatable bonds is 6. The van der Waals surface area contributed by atoms with Gasteiger partial charge >= 0.3 is 11.9 Å². The van der Waals surface area contributed by atoms with Crippen molar-refractivity contribution in [1.82, 2.24) is 0 Å². The number of carbonyl (C=O) groups excluding carboxylic acids is 2. The lowest BCUT2D eigenvalue weighted by molar-refractivity contribution is -0.272. The molecule has 1 fully saturated rings. The first-order valence-corrected chi connectivity index (χ1v) is 6.21. The molecule has 0 atom stereocenters. The van der Waals surface area contributed by atoms with Crippen LogP contribution in [0.15, 0.2) is 0 Å². The monoisotopic (exact) mass is 260 g/mol. The van der Waals surface area contributed by atoms with E-state index >= 15 is 0 Å². The van der Waals surface area contributed by atoms with Gasteiger partial charge in [-0.2, -0.15) is 0 Å². The van der Waals surface area contributed by atoms with Gasteiger partial charge in [-0.25, -0.2) is 0 Å². The fourth-order valence-corrected chi connectivity index (χ4v) is 1.75. The molecule has 1 saturated heterocycles. The van der Waals surface area contributed by atoms with Crippen molar-refractivity contribution in [2.45, 2.75) is 38.9 Å². The highest BCUT2D eigenvalue weighted by molar-refractivity contribution is 5.74. The smallest absolute Gasteiger partial charge is 0.311 e. The molecule has 1 aliphatic rings. The number of esters is 2. The van der Waals surface area contributed by atoms with Crippen LogP contribution in [0, 0.1) is 0 Å². The topological polar surface area (TPSA) is 71.1 Å². The molecule has 0 spiro atoms. The Hall–Kier alpha value is -1.14. The van der Waals surface area contributed by atoms with Gasteiger partial charge in [-0.15, -0.1) is 0 Å². The molecule has 1 aliphatic heterocycles. The molecule has 18 heavy (non-hydrogen) atoms. The number of hydrogen-bond donors (Lipinski definition) is 0. The zero-order valence-electron chi connectivity index (χ0n) is 10.9. The van der Waals surface area contributed by atoms with Crippen molar-refractivity contribution < 1.29 is 28.5 Å². The minimum absolute atomic E-state index is 0.0976. The van der Waals surface area contributed by atoms with Crippen molar-refractivity contribution in [2.75, 3.05) is 26.4 Å². The van der Waals surface area contributed by atoms with E-state index in [1.807, 2.05) is 0 Å². The first-order chi connectivity index (χ1) is 8.62. The standard InChI is InChI=1S/C12H20O6/c1-3-15-10(13)8-12(9-11(14)16-4-2)17-6-5-7-18-12/h3-9H2,1-2H3. The van der Waals surface area contributed by atoms with E-state index in [0.29, 0.717) is 13.2 Å². The Morgan fingerprint density at radius 3 is 1.83 bits per heavy atom. The lowest BCUT2D eigenvalue weighted by atomic mass is 10.1. The summed E-state index contributed by atoms with van der Waals surface area (Å²) in [6.45, 7) is 4.93. The Morgan fingerprint density at radius 1 is 1.00 bits per heavy atom. The van der Waals surface area contributed by atoms with Crippen LogP contribution in [0.3, 0.4) is 0 Å². The summed E-state index contributed by atoms with van der Waals surface area (Å²) >= 11 is 0. The second kappa shape index (κ2) is 7.33. The molecule has 6 nitrogen and oxygen atoms in total. The molecule has 0 aromatic carbocycles. The summed E-state index contributed by atoms with van der Waals surface area (Å²) in [7, 11) is 0. The number of hydrogen-bond acceptors (Lipinski definition) is 6. The van der Waals surface area contributed by atoms with Crippen LogP contribution in [-0.2, 0) is 28.5 Å². The first-order valence-electron chi connectivity index (χ1n) is 6.21. The van der Waals surface area contributed by atoms with Crippen molar-refractivity contribution in [1.29, 1.82) is 0 Å². The van der Waals surface area contributed by atoms with Crippen molar-refractivity contribution in [3.05, 3.63) is 0 Å². The lowest BCUT2D eigenvalue weighted by Crippen LogP contribution is -2.45. The molecule has 104 valence electrons. The second-order valence-corrected chi connectivity index (χ2v) is 3.92. The van der Waals surface area contributed by atoms with Crippen LogP contribution in [0.25, 0.3) is 0 Å². The quantitative estimate of drug-likeness (QED) is 0.664. The number of ether oxygens (including phenoxy) is 4. The predicted molar refractivity (Wildman–Crippen MR) is 61.8 cm³/mol. The highest BCUT2D eigenvalue weighted by atomic mass is 16.7. The van der Waals surface area contributed by atoms with E-state index < -0.39 is 17.7 Å². The summed E-state index contributed by atoms with van der Waals surface area (Å²) in [5.41, 5.74) is 0. The van der Waals surface area contributed by atoms with E-state index in [-0.39, 0.29) is 26.1 Å². The third-order valence-corrected chi connectivity index (χ3v) is 2.46. The van der Waals surface area contributed by atoms with Gasteiger partial charge in [0, 0.05) is 0 Å². The van der Waals surface area contributed by atoms with Crippen molar-refractivity contribution in [2.24, 2.45) is 0 Å². The highest BCUT2D eigenvalue weighted by Gasteiger charge is 2.40. The summed E-state index contributed by atoms with van der Waals surface area (Å²) in [5, 5.41) is 0. The Labute approximate surface area is 107 Å². The highest BCUT2D eigenvalue weighted by Crippen LogP contribution is 2.27. The molecule has 0 aliphatic carbocycles. The van der Waals surface area contributed by atoms with E-state index in [4.69, 9.17) is 18.9 Å². The normalized spacial score (nSPS) is 18.1. The maximum Gasteiger partial charge on any atom is 0.311 e. The zero-order chi connectivity index (χ0) is 13.4. The zero-order valence-corrected chi connectivity index (χ0v) is 10.9. The molecule has 0 N–H and O–H groups in total. The van der Waals surface area contributed by atoms with E-state index in [0.717, 1.165) is 6.42 Å². The molecule has 1 heterocycles. The Morgan fingerprint density at radius 2 is 1.44 bits per heavy atom. The SMILES string of the molecule is CCOC(=O)CC1(CC(=O)OCC)OCCCO1. The summed E-state index contributed by atoms with van der Waals surface area (Å²) < 4.78 is 20.7. The van der Waals surface area contributed by atoms with E-state index in [9.17, 15) is 9.59 Å². The van der Waals surface area contributed by atoms with Crippen LogP contribution in [0.5, 0.6) is 0 Å². The van der Waals surface area contributed by atoms with Crippen LogP contribution in [0.4, 0.5) is 0 Å². The van der Waals surface area contributed by atoms with Crippen molar-refractivity contribution in [3.63, 3.8) is 0 Å². The minimum Gasteiger partial charge on any atom is -0.466 e. The summed E-state index contributed by atoms with van der Waals surface area (Å²) in [4.78, 5) is 23.0. The molecule has 0 bridgehead atoms. The van der Waals surface area contributed by atoms with Gasteiger partial charge in [-0.3, -0.25) is 9.59 Å².